The zero-order chi connectivity index (χ0) is 19.4. The van der Waals surface area contributed by atoms with Crippen LogP contribution < -0.4 is 5.32 Å². The molecule has 0 fully saturated rings. The highest BCUT2D eigenvalue weighted by atomic mass is 19.2. The van der Waals surface area contributed by atoms with Gasteiger partial charge in [-0.05, 0) is 12.5 Å². The van der Waals surface area contributed by atoms with Crippen LogP contribution in [0.3, 0.4) is 0 Å². The van der Waals surface area contributed by atoms with Gasteiger partial charge in [0.25, 0.3) is 0 Å². The fourth-order valence-electron chi connectivity index (χ4n) is 3.48. The summed E-state index contributed by atoms with van der Waals surface area (Å²) in [5.74, 6) is -3.15. The standard InChI is InChI=1S/C22H23F2NO2/c1-2-3-4-5-6-9-12-25-20-18-16(13-17(23)19(20)24)21(26)14-10-7-8-11-15(14)22(18)27/h7-8,10-11,13,25H,2-6,9,12H2,1H3. The van der Waals surface area contributed by atoms with Crippen LogP contribution in [0.5, 0.6) is 0 Å². The quantitative estimate of drug-likeness (QED) is 0.531. The maximum atomic E-state index is 14.4. The molecular weight excluding hydrogens is 348 g/mol. The Labute approximate surface area is 157 Å². The Kier molecular flexibility index (Phi) is 5.99. The van der Waals surface area contributed by atoms with Crippen molar-refractivity contribution in [2.45, 2.75) is 45.4 Å². The van der Waals surface area contributed by atoms with Crippen LogP contribution in [0.4, 0.5) is 14.5 Å². The molecule has 1 aliphatic rings. The SMILES string of the molecule is CCCCCCCCNc1c(F)c(F)cc2c1C(=O)c1ccccc1C2=O. The maximum Gasteiger partial charge on any atom is 0.196 e. The van der Waals surface area contributed by atoms with E-state index in [1.807, 2.05) is 0 Å². The van der Waals surface area contributed by atoms with Gasteiger partial charge >= 0.3 is 0 Å². The van der Waals surface area contributed by atoms with Crippen LogP contribution in [-0.2, 0) is 0 Å². The Hall–Kier alpha value is -2.56. The summed E-state index contributed by atoms with van der Waals surface area (Å²) in [6.45, 7) is 2.57. The highest BCUT2D eigenvalue weighted by Crippen LogP contribution is 2.35. The molecule has 1 N–H and O–H groups in total. The van der Waals surface area contributed by atoms with Crippen LogP contribution in [-0.4, -0.2) is 18.1 Å². The van der Waals surface area contributed by atoms with Gasteiger partial charge in [0.15, 0.2) is 23.2 Å². The van der Waals surface area contributed by atoms with Crippen molar-refractivity contribution in [3.63, 3.8) is 0 Å². The summed E-state index contributed by atoms with van der Waals surface area (Å²) < 4.78 is 28.5. The van der Waals surface area contributed by atoms with E-state index in [9.17, 15) is 18.4 Å². The van der Waals surface area contributed by atoms with Gasteiger partial charge in [-0.2, -0.15) is 0 Å². The van der Waals surface area contributed by atoms with Crippen LogP contribution in [0.1, 0.15) is 77.3 Å². The molecule has 27 heavy (non-hydrogen) atoms. The predicted octanol–water partition coefficient (Wildman–Crippen LogP) is 5.51. The van der Waals surface area contributed by atoms with Crippen molar-refractivity contribution < 1.29 is 18.4 Å². The first-order valence-corrected chi connectivity index (χ1v) is 9.50. The monoisotopic (exact) mass is 371 g/mol. The molecule has 0 aliphatic heterocycles. The van der Waals surface area contributed by atoms with E-state index >= 15 is 0 Å². The lowest BCUT2D eigenvalue weighted by Gasteiger charge is -2.21. The molecule has 2 aromatic carbocycles. The molecule has 0 amide bonds. The van der Waals surface area contributed by atoms with Gasteiger partial charge in [0, 0.05) is 23.2 Å². The molecule has 142 valence electrons. The largest absolute Gasteiger partial charge is 0.382 e. The fourth-order valence-corrected chi connectivity index (χ4v) is 3.48. The molecule has 0 atom stereocenters. The summed E-state index contributed by atoms with van der Waals surface area (Å²) in [7, 11) is 0. The van der Waals surface area contributed by atoms with Gasteiger partial charge in [-0.15, -0.1) is 0 Å². The zero-order valence-electron chi connectivity index (χ0n) is 15.4. The Balaban J connectivity index is 1.84. The van der Waals surface area contributed by atoms with Crippen molar-refractivity contribution in [2.75, 3.05) is 11.9 Å². The Morgan fingerprint density at radius 1 is 0.852 bits per heavy atom. The van der Waals surface area contributed by atoms with Gasteiger partial charge in [0.1, 0.15) is 0 Å². The first-order chi connectivity index (χ1) is 13.1. The van der Waals surface area contributed by atoms with E-state index in [0.717, 1.165) is 38.2 Å². The number of ketones is 2. The molecule has 0 saturated heterocycles. The van der Waals surface area contributed by atoms with Crippen LogP contribution in [0.15, 0.2) is 30.3 Å². The smallest absolute Gasteiger partial charge is 0.196 e. The molecule has 0 bridgehead atoms. The Bertz CT molecular complexity index is 877. The van der Waals surface area contributed by atoms with Crippen molar-refractivity contribution in [1.29, 1.82) is 0 Å². The number of hydrogen-bond acceptors (Lipinski definition) is 3. The van der Waals surface area contributed by atoms with Gasteiger partial charge in [-0.25, -0.2) is 8.78 Å². The molecule has 3 rings (SSSR count). The normalized spacial score (nSPS) is 12.7. The number of carbonyl (C=O) groups excluding carboxylic acids is 2. The first kappa shape index (κ1) is 19.2. The lowest BCUT2D eigenvalue weighted by atomic mass is 9.83. The van der Waals surface area contributed by atoms with Gasteiger partial charge in [0.05, 0.1) is 11.3 Å². The lowest BCUT2D eigenvalue weighted by molar-refractivity contribution is 0.0979. The molecule has 0 aromatic heterocycles. The number of hydrogen-bond donors (Lipinski definition) is 1. The van der Waals surface area contributed by atoms with Crippen LogP contribution in [0.25, 0.3) is 0 Å². The van der Waals surface area contributed by atoms with Gasteiger partial charge in [-0.3, -0.25) is 9.59 Å². The van der Waals surface area contributed by atoms with Crippen LogP contribution in [0.2, 0.25) is 0 Å². The van der Waals surface area contributed by atoms with Gasteiger partial charge < -0.3 is 5.32 Å². The van der Waals surface area contributed by atoms with Crippen molar-refractivity contribution >= 4 is 17.3 Å². The lowest BCUT2D eigenvalue weighted by Crippen LogP contribution is -2.24. The van der Waals surface area contributed by atoms with Gasteiger partial charge in [0.2, 0.25) is 0 Å². The van der Waals surface area contributed by atoms with E-state index in [1.165, 1.54) is 18.6 Å². The average Bonchev–Trinajstić information content (AvgIpc) is 2.68. The zero-order valence-corrected chi connectivity index (χ0v) is 15.4. The van der Waals surface area contributed by atoms with E-state index in [-0.39, 0.29) is 27.9 Å². The Morgan fingerprint density at radius 3 is 2.19 bits per heavy atom. The fraction of sp³-hybridized carbons (Fsp3) is 0.364. The van der Waals surface area contributed by atoms with Crippen molar-refractivity contribution in [2.24, 2.45) is 0 Å². The average molecular weight is 371 g/mol. The minimum absolute atomic E-state index is 0.0661. The van der Waals surface area contributed by atoms with Crippen molar-refractivity contribution in [3.05, 3.63) is 64.2 Å². The third kappa shape index (κ3) is 3.77. The number of benzene rings is 2. The second-order valence-corrected chi connectivity index (χ2v) is 6.87. The molecule has 3 nitrogen and oxygen atoms in total. The molecule has 0 saturated carbocycles. The summed E-state index contributed by atoms with van der Waals surface area (Å²) in [5, 5.41) is 2.87. The molecular formula is C22H23F2NO2. The Morgan fingerprint density at radius 2 is 1.48 bits per heavy atom. The number of unbranched alkanes of at least 4 members (excludes halogenated alkanes) is 5. The van der Waals surface area contributed by atoms with Crippen molar-refractivity contribution in [3.8, 4) is 0 Å². The van der Waals surface area contributed by atoms with E-state index in [4.69, 9.17) is 0 Å². The van der Waals surface area contributed by atoms with Crippen molar-refractivity contribution in [1.82, 2.24) is 0 Å². The second kappa shape index (κ2) is 8.42. The number of carbonyl (C=O) groups is 2. The molecule has 0 unspecified atom stereocenters. The summed E-state index contributed by atoms with van der Waals surface area (Å²) in [6, 6.07) is 7.20. The van der Waals surface area contributed by atoms with E-state index in [0.29, 0.717) is 6.54 Å². The van der Waals surface area contributed by atoms with Gasteiger partial charge in [-0.1, -0.05) is 63.3 Å². The topological polar surface area (TPSA) is 46.2 Å². The molecule has 5 heteroatoms. The molecule has 0 heterocycles. The minimum atomic E-state index is -1.13. The van der Waals surface area contributed by atoms with E-state index < -0.39 is 23.2 Å². The summed E-state index contributed by atoms with van der Waals surface area (Å²) in [4.78, 5) is 25.5. The molecule has 1 aliphatic carbocycles. The summed E-state index contributed by atoms with van der Waals surface area (Å²) >= 11 is 0. The third-order valence-corrected chi connectivity index (χ3v) is 4.94. The molecule has 2 aromatic rings. The number of nitrogens with one attached hydrogen (secondary N) is 1. The second-order valence-electron chi connectivity index (χ2n) is 6.87. The highest BCUT2D eigenvalue weighted by Gasteiger charge is 2.34. The molecule has 0 spiro atoms. The maximum absolute atomic E-state index is 14.4. The molecule has 0 radical (unpaired) electrons. The number of halogens is 2. The van der Waals surface area contributed by atoms with Crippen LogP contribution in [0, 0.1) is 11.6 Å². The number of fused-ring (bicyclic) bond motifs is 2. The van der Waals surface area contributed by atoms with Crippen LogP contribution >= 0.6 is 0 Å². The van der Waals surface area contributed by atoms with E-state index in [1.54, 1.807) is 12.1 Å². The number of anilines is 1. The summed E-state index contributed by atoms with van der Waals surface area (Å²) in [6.07, 6.45) is 6.36. The first-order valence-electron chi connectivity index (χ1n) is 9.50. The summed E-state index contributed by atoms with van der Waals surface area (Å²) in [5.41, 5.74) is 0.101. The van der Waals surface area contributed by atoms with E-state index in [2.05, 4.69) is 12.2 Å². The number of rotatable bonds is 8. The third-order valence-electron chi connectivity index (χ3n) is 4.94. The predicted molar refractivity (Wildman–Crippen MR) is 102 cm³/mol. The highest BCUT2D eigenvalue weighted by molar-refractivity contribution is 6.30. The minimum Gasteiger partial charge on any atom is -0.382 e.